The van der Waals surface area contributed by atoms with Crippen LogP contribution >= 0.6 is 0 Å². The molecule has 1 aliphatic heterocycles. The number of esters is 1. The van der Waals surface area contributed by atoms with Gasteiger partial charge in [-0.3, -0.25) is 13.9 Å². The number of benzene rings is 3. The van der Waals surface area contributed by atoms with Gasteiger partial charge in [-0.15, -0.1) is 0 Å². The number of ether oxygens (including phenoxy) is 1. The standard InChI is InChI=1S/C21H16FNO5S/c1-13(21(25)15-8-10-16(22)11-9-15)28-19(24)12-23-17-6-2-4-14-5-3-7-18(20(14)17)29(23,26)27/h2-11,13H,12H2,1H3/t13-/m1/s1. The number of hydrogen-bond donors (Lipinski definition) is 0. The number of sulfonamides is 1. The molecule has 0 unspecified atom stereocenters. The number of carbonyl (C=O) groups is 2. The van der Waals surface area contributed by atoms with Crippen LogP contribution in [0.25, 0.3) is 10.8 Å². The zero-order valence-corrected chi connectivity index (χ0v) is 16.1. The number of hydrogen-bond acceptors (Lipinski definition) is 5. The van der Waals surface area contributed by atoms with E-state index in [1.165, 1.54) is 25.1 Å². The Hall–Kier alpha value is -3.26. The van der Waals surface area contributed by atoms with E-state index in [9.17, 15) is 22.4 Å². The zero-order valence-electron chi connectivity index (χ0n) is 15.3. The Morgan fingerprint density at radius 3 is 2.38 bits per heavy atom. The summed E-state index contributed by atoms with van der Waals surface area (Å²) in [5, 5.41) is 1.30. The van der Waals surface area contributed by atoms with Crippen LogP contribution in [-0.2, 0) is 19.6 Å². The number of halogens is 1. The fourth-order valence-corrected chi connectivity index (χ4v) is 5.04. The van der Waals surface area contributed by atoms with Gasteiger partial charge in [0.15, 0.2) is 6.10 Å². The SMILES string of the molecule is C[C@@H](OC(=O)CN1c2cccc3cccc(c23)S1(=O)=O)C(=O)c1ccc(F)cc1. The van der Waals surface area contributed by atoms with Crippen LogP contribution in [0.4, 0.5) is 10.1 Å². The Kier molecular flexibility index (Phi) is 4.58. The molecule has 0 saturated heterocycles. The minimum absolute atomic E-state index is 0.133. The van der Waals surface area contributed by atoms with Gasteiger partial charge in [0.25, 0.3) is 10.0 Å². The van der Waals surface area contributed by atoms with Crippen molar-refractivity contribution >= 4 is 38.2 Å². The molecule has 0 fully saturated rings. The van der Waals surface area contributed by atoms with Crippen molar-refractivity contribution in [2.75, 3.05) is 10.8 Å². The highest BCUT2D eigenvalue weighted by Gasteiger charge is 2.37. The molecule has 0 aromatic heterocycles. The number of nitrogens with zero attached hydrogens (tertiary/aromatic N) is 1. The van der Waals surface area contributed by atoms with Gasteiger partial charge in [0.2, 0.25) is 5.78 Å². The molecule has 148 valence electrons. The predicted octanol–water partition coefficient (Wildman–Crippen LogP) is 3.30. The fourth-order valence-electron chi connectivity index (χ4n) is 3.38. The van der Waals surface area contributed by atoms with Crippen LogP contribution in [0.3, 0.4) is 0 Å². The lowest BCUT2D eigenvalue weighted by atomic mass is 10.1. The number of ketones is 1. The predicted molar refractivity (Wildman–Crippen MR) is 105 cm³/mol. The van der Waals surface area contributed by atoms with Crippen LogP contribution in [-0.4, -0.2) is 32.8 Å². The van der Waals surface area contributed by atoms with Crippen molar-refractivity contribution in [3.63, 3.8) is 0 Å². The summed E-state index contributed by atoms with van der Waals surface area (Å²) >= 11 is 0. The van der Waals surface area contributed by atoms with Gasteiger partial charge in [0, 0.05) is 10.9 Å². The van der Waals surface area contributed by atoms with Crippen LogP contribution in [0, 0.1) is 5.82 Å². The van der Waals surface area contributed by atoms with Crippen molar-refractivity contribution in [2.24, 2.45) is 0 Å². The van der Waals surface area contributed by atoms with Crippen LogP contribution < -0.4 is 4.31 Å². The summed E-state index contributed by atoms with van der Waals surface area (Å²) in [6.07, 6.45) is -1.14. The van der Waals surface area contributed by atoms with E-state index < -0.39 is 40.2 Å². The molecule has 6 nitrogen and oxygen atoms in total. The van der Waals surface area contributed by atoms with Gasteiger partial charge in [-0.25, -0.2) is 12.8 Å². The minimum Gasteiger partial charge on any atom is -0.453 e. The first-order valence-electron chi connectivity index (χ1n) is 8.83. The van der Waals surface area contributed by atoms with E-state index in [0.29, 0.717) is 11.1 Å². The first kappa shape index (κ1) is 19.1. The molecule has 0 N–H and O–H groups in total. The van der Waals surface area contributed by atoms with Gasteiger partial charge in [0.1, 0.15) is 12.4 Å². The molecule has 0 amide bonds. The molecule has 0 saturated carbocycles. The minimum atomic E-state index is -3.90. The Balaban J connectivity index is 1.54. The van der Waals surface area contributed by atoms with Gasteiger partial charge >= 0.3 is 5.97 Å². The van der Waals surface area contributed by atoms with Crippen molar-refractivity contribution in [2.45, 2.75) is 17.9 Å². The number of anilines is 1. The Morgan fingerprint density at radius 2 is 1.69 bits per heavy atom. The lowest BCUT2D eigenvalue weighted by molar-refractivity contribution is -0.144. The molecule has 29 heavy (non-hydrogen) atoms. The molecule has 1 aliphatic rings. The Morgan fingerprint density at radius 1 is 1.03 bits per heavy atom. The third kappa shape index (κ3) is 3.25. The van der Waals surface area contributed by atoms with E-state index in [2.05, 4.69) is 0 Å². The summed E-state index contributed by atoms with van der Waals surface area (Å²) in [6.45, 7) is 0.828. The topological polar surface area (TPSA) is 80.8 Å². The number of carbonyl (C=O) groups excluding carboxylic acids is 2. The second kappa shape index (κ2) is 6.97. The highest BCUT2D eigenvalue weighted by Crippen LogP contribution is 2.41. The van der Waals surface area contributed by atoms with E-state index >= 15 is 0 Å². The van der Waals surface area contributed by atoms with Gasteiger partial charge in [-0.05, 0) is 48.7 Å². The molecule has 3 aromatic carbocycles. The van der Waals surface area contributed by atoms with Crippen molar-refractivity contribution in [1.82, 2.24) is 0 Å². The molecule has 4 rings (SSSR count). The number of rotatable bonds is 5. The van der Waals surface area contributed by atoms with Crippen molar-refractivity contribution < 1.29 is 27.1 Å². The summed E-state index contributed by atoms with van der Waals surface area (Å²) in [4.78, 5) is 24.9. The lowest BCUT2D eigenvalue weighted by Crippen LogP contribution is -2.36. The van der Waals surface area contributed by atoms with Crippen molar-refractivity contribution in [1.29, 1.82) is 0 Å². The maximum absolute atomic E-state index is 13.0. The molecular weight excluding hydrogens is 397 g/mol. The summed E-state index contributed by atoms with van der Waals surface area (Å²) in [6, 6.07) is 14.9. The normalized spacial score (nSPS) is 15.3. The summed E-state index contributed by atoms with van der Waals surface area (Å²) < 4.78 is 44.9. The maximum Gasteiger partial charge on any atom is 0.327 e. The van der Waals surface area contributed by atoms with Crippen LogP contribution in [0.5, 0.6) is 0 Å². The Labute approximate surface area is 166 Å². The second-order valence-electron chi connectivity index (χ2n) is 6.65. The van der Waals surface area contributed by atoms with Gasteiger partial charge in [-0.1, -0.05) is 24.3 Å². The molecule has 8 heteroatoms. The quantitative estimate of drug-likeness (QED) is 0.474. The second-order valence-corrected chi connectivity index (χ2v) is 8.48. The molecule has 0 bridgehead atoms. The molecule has 3 aromatic rings. The van der Waals surface area contributed by atoms with Crippen molar-refractivity contribution in [3.8, 4) is 0 Å². The monoisotopic (exact) mass is 413 g/mol. The summed E-state index contributed by atoms with van der Waals surface area (Å²) in [5.41, 5.74) is 0.588. The van der Waals surface area contributed by atoms with Gasteiger partial charge in [-0.2, -0.15) is 0 Å². The largest absolute Gasteiger partial charge is 0.453 e. The van der Waals surface area contributed by atoms with Crippen LogP contribution in [0.2, 0.25) is 0 Å². The van der Waals surface area contributed by atoms with E-state index in [1.807, 2.05) is 0 Å². The highest BCUT2D eigenvalue weighted by molar-refractivity contribution is 7.93. The maximum atomic E-state index is 13.0. The van der Waals surface area contributed by atoms with Crippen LogP contribution in [0.1, 0.15) is 17.3 Å². The van der Waals surface area contributed by atoms with Gasteiger partial charge < -0.3 is 4.74 Å². The average Bonchev–Trinajstić information content (AvgIpc) is 2.91. The van der Waals surface area contributed by atoms with E-state index in [0.717, 1.165) is 21.8 Å². The van der Waals surface area contributed by atoms with E-state index in [-0.39, 0.29) is 10.5 Å². The highest BCUT2D eigenvalue weighted by atomic mass is 32.2. The summed E-state index contributed by atoms with van der Waals surface area (Å²) in [7, 11) is -3.90. The van der Waals surface area contributed by atoms with Gasteiger partial charge in [0.05, 0.1) is 10.6 Å². The molecule has 1 heterocycles. The lowest BCUT2D eigenvalue weighted by Gasteiger charge is -2.19. The summed E-state index contributed by atoms with van der Waals surface area (Å²) in [5.74, 6) is -1.85. The number of Topliss-reactive ketones (excluding diaryl/α,β-unsaturated/α-hetero) is 1. The van der Waals surface area contributed by atoms with Crippen molar-refractivity contribution in [3.05, 3.63) is 72.0 Å². The molecule has 0 radical (unpaired) electrons. The smallest absolute Gasteiger partial charge is 0.327 e. The third-order valence-corrected chi connectivity index (χ3v) is 6.56. The van der Waals surface area contributed by atoms with E-state index in [1.54, 1.807) is 30.3 Å². The van der Waals surface area contributed by atoms with Crippen LogP contribution in [0.15, 0.2) is 65.6 Å². The van der Waals surface area contributed by atoms with E-state index in [4.69, 9.17) is 4.74 Å². The molecule has 1 atom stereocenters. The molecule has 0 aliphatic carbocycles. The Bertz CT molecular complexity index is 1230. The molecule has 0 spiro atoms. The third-order valence-electron chi connectivity index (χ3n) is 4.76. The first-order chi connectivity index (χ1) is 13.8. The fraction of sp³-hybridized carbons (Fsp3) is 0.143. The average molecular weight is 413 g/mol. The first-order valence-corrected chi connectivity index (χ1v) is 10.3. The zero-order chi connectivity index (χ0) is 20.8. The molecular formula is C21H16FNO5S.